The molecule has 0 bridgehead atoms. The van der Waals surface area contributed by atoms with Crippen molar-refractivity contribution < 1.29 is 4.79 Å². The maximum atomic E-state index is 12.1. The number of hydrogen-bond donors (Lipinski definition) is 2. The first-order valence-corrected chi connectivity index (χ1v) is 7.14. The molecular formula is C18H22N2O. The summed E-state index contributed by atoms with van der Waals surface area (Å²) in [5.41, 5.74) is 6.47. The number of anilines is 2. The van der Waals surface area contributed by atoms with Crippen molar-refractivity contribution in [2.45, 2.75) is 27.7 Å². The van der Waals surface area contributed by atoms with Crippen LogP contribution in [0.1, 0.15) is 22.3 Å². The number of amides is 1. The first-order valence-electron chi connectivity index (χ1n) is 7.14. The fourth-order valence-electron chi connectivity index (χ4n) is 2.51. The second kappa shape index (κ2) is 6.44. The molecule has 0 heterocycles. The Hall–Kier alpha value is -2.29. The lowest BCUT2D eigenvalue weighted by molar-refractivity contribution is -0.114. The molecule has 21 heavy (non-hydrogen) atoms. The highest BCUT2D eigenvalue weighted by molar-refractivity contribution is 5.94. The van der Waals surface area contributed by atoms with E-state index in [9.17, 15) is 4.79 Å². The smallest absolute Gasteiger partial charge is 0.243 e. The molecule has 2 N–H and O–H groups in total. The molecule has 0 aliphatic rings. The van der Waals surface area contributed by atoms with E-state index in [0.29, 0.717) is 0 Å². The van der Waals surface area contributed by atoms with Gasteiger partial charge in [0.15, 0.2) is 0 Å². The molecular weight excluding hydrogens is 260 g/mol. The summed E-state index contributed by atoms with van der Waals surface area (Å²) >= 11 is 0. The summed E-state index contributed by atoms with van der Waals surface area (Å²) in [5.74, 6) is -0.0392. The summed E-state index contributed by atoms with van der Waals surface area (Å²) in [6.45, 7) is 8.39. The lowest BCUT2D eigenvalue weighted by atomic mass is 10.1. The van der Waals surface area contributed by atoms with E-state index in [2.05, 4.69) is 16.7 Å². The van der Waals surface area contributed by atoms with Crippen molar-refractivity contribution in [2.75, 3.05) is 17.2 Å². The van der Waals surface area contributed by atoms with Gasteiger partial charge in [0.2, 0.25) is 5.91 Å². The van der Waals surface area contributed by atoms with E-state index in [1.807, 2.05) is 58.0 Å². The number of carbonyl (C=O) groups excluding carboxylic acids is 1. The highest BCUT2D eigenvalue weighted by Gasteiger charge is 2.06. The first kappa shape index (κ1) is 15.1. The summed E-state index contributed by atoms with van der Waals surface area (Å²) in [5, 5.41) is 6.15. The van der Waals surface area contributed by atoms with E-state index in [1.165, 1.54) is 0 Å². The van der Waals surface area contributed by atoms with Crippen molar-refractivity contribution in [2.24, 2.45) is 0 Å². The van der Waals surface area contributed by atoms with E-state index >= 15 is 0 Å². The Labute approximate surface area is 126 Å². The van der Waals surface area contributed by atoms with Gasteiger partial charge in [-0.15, -0.1) is 0 Å². The van der Waals surface area contributed by atoms with Crippen LogP contribution >= 0.6 is 0 Å². The third kappa shape index (κ3) is 4.09. The second-order valence-corrected chi connectivity index (χ2v) is 5.54. The van der Waals surface area contributed by atoms with E-state index in [4.69, 9.17) is 0 Å². The number of carbonyl (C=O) groups is 1. The molecule has 0 aliphatic heterocycles. The van der Waals surface area contributed by atoms with Crippen molar-refractivity contribution in [3.05, 3.63) is 58.7 Å². The minimum absolute atomic E-state index is 0.0392. The van der Waals surface area contributed by atoms with Gasteiger partial charge < -0.3 is 10.6 Å². The zero-order chi connectivity index (χ0) is 15.4. The van der Waals surface area contributed by atoms with Crippen LogP contribution in [0.4, 0.5) is 11.4 Å². The summed E-state index contributed by atoms with van der Waals surface area (Å²) in [4.78, 5) is 12.1. The maximum absolute atomic E-state index is 12.1. The molecule has 2 aromatic carbocycles. The lowest BCUT2D eigenvalue weighted by Crippen LogP contribution is -2.22. The number of hydrogen-bond acceptors (Lipinski definition) is 2. The summed E-state index contributed by atoms with van der Waals surface area (Å²) in [7, 11) is 0. The minimum Gasteiger partial charge on any atom is -0.376 e. The molecule has 0 saturated heterocycles. The molecule has 3 nitrogen and oxygen atoms in total. The monoisotopic (exact) mass is 282 g/mol. The summed E-state index contributed by atoms with van der Waals surface area (Å²) in [6.07, 6.45) is 0. The van der Waals surface area contributed by atoms with Gasteiger partial charge in [0.25, 0.3) is 0 Å². The molecule has 0 fully saturated rings. The van der Waals surface area contributed by atoms with Gasteiger partial charge in [-0.2, -0.15) is 0 Å². The van der Waals surface area contributed by atoms with Crippen LogP contribution in [0, 0.1) is 27.7 Å². The normalized spacial score (nSPS) is 10.3. The Morgan fingerprint density at radius 1 is 0.952 bits per heavy atom. The fraction of sp³-hybridized carbons (Fsp3) is 0.278. The predicted octanol–water partition coefficient (Wildman–Crippen LogP) is 3.97. The highest BCUT2D eigenvalue weighted by Crippen LogP contribution is 2.19. The Bertz CT molecular complexity index is 622. The van der Waals surface area contributed by atoms with Gasteiger partial charge in [0, 0.05) is 11.4 Å². The molecule has 2 rings (SSSR count). The van der Waals surface area contributed by atoms with Gasteiger partial charge >= 0.3 is 0 Å². The van der Waals surface area contributed by atoms with Crippen molar-refractivity contribution in [1.82, 2.24) is 0 Å². The molecule has 2 aromatic rings. The number of para-hydroxylation sites is 1. The number of nitrogens with one attached hydrogen (secondary N) is 2. The molecule has 3 heteroatoms. The van der Waals surface area contributed by atoms with Gasteiger partial charge in [-0.3, -0.25) is 4.79 Å². The second-order valence-electron chi connectivity index (χ2n) is 5.54. The van der Waals surface area contributed by atoms with E-state index in [0.717, 1.165) is 33.6 Å². The van der Waals surface area contributed by atoms with E-state index in [-0.39, 0.29) is 12.5 Å². The molecule has 0 aliphatic carbocycles. The Balaban J connectivity index is 1.99. The van der Waals surface area contributed by atoms with E-state index < -0.39 is 0 Å². The summed E-state index contributed by atoms with van der Waals surface area (Å²) in [6, 6.07) is 12.1. The minimum atomic E-state index is -0.0392. The van der Waals surface area contributed by atoms with Crippen LogP contribution < -0.4 is 10.6 Å². The Morgan fingerprint density at radius 2 is 1.52 bits per heavy atom. The van der Waals surface area contributed by atoms with Crippen molar-refractivity contribution in [1.29, 1.82) is 0 Å². The molecule has 0 unspecified atom stereocenters. The maximum Gasteiger partial charge on any atom is 0.243 e. The number of rotatable bonds is 4. The zero-order valence-electron chi connectivity index (χ0n) is 13.1. The Morgan fingerprint density at radius 3 is 2.10 bits per heavy atom. The molecule has 0 aromatic heterocycles. The topological polar surface area (TPSA) is 41.1 Å². The molecule has 110 valence electrons. The van der Waals surface area contributed by atoms with E-state index in [1.54, 1.807) is 0 Å². The largest absolute Gasteiger partial charge is 0.376 e. The highest BCUT2D eigenvalue weighted by atomic mass is 16.1. The summed E-state index contributed by atoms with van der Waals surface area (Å²) < 4.78 is 0. The first-order chi connectivity index (χ1) is 9.95. The van der Waals surface area contributed by atoms with Crippen LogP contribution in [0.25, 0.3) is 0 Å². The Kier molecular flexibility index (Phi) is 4.63. The molecule has 0 radical (unpaired) electrons. The lowest BCUT2D eigenvalue weighted by Gasteiger charge is -2.13. The van der Waals surface area contributed by atoms with Crippen LogP contribution in [0.15, 0.2) is 36.4 Å². The number of benzene rings is 2. The SMILES string of the molecule is Cc1cc(C)cc(NC(=O)CNc2c(C)cccc2C)c1. The molecule has 0 atom stereocenters. The molecule has 0 saturated carbocycles. The fourth-order valence-corrected chi connectivity index (χ4v) is 2.51. The van der Waals surface area contributed by atoms with Crippen molar-refractivity contribution in [3.8, 4) is 0 Å². The molecule has 1 amide bonds. The number of aryl methyl sites for hydroxylation is 4. The van der Waals surface area contributed by atoms with Gasteiger partial charge in [-0.25, -0.2) is 0 Å². The predicted molar refractivity (Wildman–Crippen MR) is 89.0 cm³/mol. The van der Waals surface area contributed by atoms with Gasteiger partial charge in [-0.05, 0) is 62.1 Å². The average molecular weight is 282 g/mol. The van der Waals surface area contributed by atoms with Crippen LogP contribution in [0.5, 0.6) is 0 Å². The van der Waals surface area contributed by atoms with Gasteiger partial charge in [0.05, 0.1) is 6.54 Å². The average Bonchev–Trinajstić information content (AvgIpc) is 2.36. The molecule has 0 spiro atoms. The third-order valence-corrected chi connectivity index (χ3v) is 3.41. The van der Waals surface area contributed by atoms with Gasteiger partial charge in [-0.1, -0.05) is 24.3 Å². The standard InChI is InChI=1S/C18H22N2O/c1-12-8-13(2)10-16(9-12)20-17(21)11-19-18-14(3)6-5-7-15(18)4/h5-10,19H,11H2,1-4H3,(H,20,21). The van der Waals surface area contributed by atoms with Crippen LogP contribution in [-0.2, 0) is 4.79 Å². The van der Waals surface area contributed by atoms with Crippen LogP contribution in [-0.4, -0.2) is 12.5 Å². The third-order valence-electron chi connectivity index (χ3n) is 3.41. The zero-order valence-corrected chi connectivity index (χ0v) is 13.1. The van der Waals surface area contributed by atoms with Crippen molar-refractivity contribution >= 4 is 17.3 Å². The quantitative estimate of drug-likeness (QED) is 0.891. The van der Waals surface area contributed by atoms with Crippen LogP contribution in [0.2, 0.25) is 0 Å². The van der Waals surface area contributed by atoms with Crippen LogP contribution in [0.3, 0.4) is 0 Å². The van der Waals surface area contributed by atoms with Crippen molar-refractivity contribution in [3.63, 3.8) is 0 Å². The van der Waals surface area contributed by atoms with Gasteiger partial charge in [0.1, 0.15) is 0 Å².